The van der Waals surface area contributed by atoms with Gasteiger partial charge in [-0.3, -0.25) is 4.79 Å². The molecule has 1 aromatic carbocycles. The van der Waals surface area contributed by atoms with Gasteiger partial charge in [-0.1, -0.05) is 0 Å². The SMILES string of the molecule is COc1ccc(C(=O)NN=C2CC(C)(C)[NH2+]C(C)(C)C2)cc1OC. The number of quaternary nitrogens is 1. The van der Waals surface area contributed by atoms with Gasteiger partial charge in [-0.2, -0.15) is 5.10 Å². The lowest BCUT2D eigenvalue weighted by Gasteiger charge is -2.39. The van der Waals surface area contributed by atoms with Gasteiger partial charge in [0.1, 0.15) is 0 Å². The van der Waals surface area contributed by atoms with Gasteiger partial charge in [0.15, 0.2) is 11.5 Å². The molecule has 0 radical (unpaired) electrons. The minimum Gasteiger partial charge on any atom is -0.493 e. The molecule has 3 N–H and O–H groups in total. The molecule has 1 amide bonds. The van der Waals surface area contributed by atoms with Crippen molar-refractivity contribution < 1.29 is 19.6 Å². The number of carbonyl (C=O) groups excluding carboxylic acids is 1. The van der Waals surface area contributed by atoms with Gasteiger partial charge in [-0.05, 0) is 45.9 Å². The molecule has 0 saturated carbocycles. The smallest absolute Gasteiger partial charge is 0.271 e. The summed E-state index contributed by atoms with van der Waals surface area (Å²) < 4.78 is 10.4. The van der Waals surface area contributed by atoms with Crippen molar-refractivity contribution in [3.63, 3.8) is 0 Å². The van der Waals surface area contributed by atoms with E-state index in [1.807, 2.05) is 0 Å². The average molecular weight is 334 g/mol. The van der Waals surface area contributed by atoms with E-state index in [0.717, 1.165) is 18.6 Å². The van der Waals surface area contributed by atoms with Gasteiger partial charge < -0.3 is 14.8 Å². The summed E-state index contributed by atoms with van der Waals surface area (Å²) in [5.41, 5.74) is 4.33. The highest BCUT2D eigenvalue weighted by atomic mass is 16.5. The van der Waals surface area contributed by atoms with Crippen LogP contribution in [0.15, 0.2) is 23.3 Å². The normalized spacial score (nSPS) is 18.7. The second kappa shape index (κ2) is 6.81. The van der Waals surface area contributed by atoms with Crippen molar-refractivity contribution in [3.05, 3.63) is 23.8 Å². The molecular formula is C18H28N3O3+. The molecule has 0 atom stereocenters. The molecule has 24 heavy (non-hydrogen) atoms. The van der Waals surface area contributed by atoms with E-state index in [1.54, 1.807) is 32.4 Å². The van der Waals surface area contributed by atoms with Crippen LogP contribution in [0.25, 0.3) is 0 Å². The molecule has 132 valence electrons. The van der Waals surface area contributed by atoms with Crippen molar-refractivity contribution in [3.8, 4) is 11.5 Å². The van der Waals surface area contributed by atoms with E-state index < -0.39 is 0 Å². The number of amides is 1. The molecule has 1 aliphatic rings. The molecule has 6 heteroatoms. The third-order valence-corrected chi connectivity index (χ3v) is 4.06. The average Bonchev–Trinajstić information content (AvgIpc) is 2.48. The Morgan fingerprint density at radius 1 is 1.08 bits per heavy atom. The van der Waals surface area contributed by atoms with E-state index in [-0.39, 0.29) is 17.0 Å². The summed E-state index contributed by atoms with van der Waals surface area (Å²) in [6.07, 6.45) is 1.70. The Morgan fingerprint density at radius 3 is 2.21 bits per heavy atom. The fraction of sp³-hybridized carbons (Fsp3) is 0.556. The van der Waals surface area contributed by atoms with Crippen molar-refractivity contribution in [1.82, 2.24) is 5.43 Å². The van der Waals surface area contributed by atoms with Crippen molar-refractivity contribution >= 4 is 11.6 Å². The number of hydrogen-bond acceptors (Lipinski definition) is 4. The summed E-state index contributed by atoms with van der Waals surface area (Å²) in [6.45, 7) is 8.78. The van der Waals surface area contributed by atoms with Gasteiger partial charge in [0.05, 0.1) is 31.0 Å². The number of hydrazone groups is 1. The van der Waals surface area contributed by atoms with E-state index in [9.17, 15) is 4.79 Å². The summed E-state index contributed by atoms with van der Waals surface area (Å²) in [4.78, 5) is 12.4. The Bertz CT molecular complexity index is 633. The van der Waals surface area contributed by atoms with E-state index in [0.29, 0.717) is 17.1 Å². The summed E-state index contributed by atoms with van der Waals surface area (Å²) in [5, 5.41) is 6.74. The van der Waals surface area contributed by atoms with E-state index in [2.05, 4.69) is 43.5 Å². The predicted molar refractivity (Wildman–Crippen MR) is 93.8 cm³/mol. The molecule has 1 fully saturated rings. The Hall–Kier alpha value is -2.08. The molecule has 2 rings (SSSR count). The van der Waals surface area contributed by atoms with Crippen molar-refractivity contribution in [1.29, 1.82) is 0 Å². The van der Waals surface area contributed by atoms with Crippen LogP contribution in [0.1, 0.15) is 50.9 Å². The first-order valence-electron chi connectivity index (χ1n) is 8.11. The van der Waals surface area contributed by atoms with Gasteiger partial charge in [0, 0.05) is 18.4 Å². The monoisotopic (exact) mass is 334 g/mol. The molecular weight excluding hydrogens is 306 g/mol. The molecule has 0 aliphatic carbocycles. The van der Waals surface area contributed by atoms with Gasteiger partial charge >= 0.3 is 0 Å². The molecule has 1 heterocycles. The standard InChI is InChI=1S/C18H27N3O3/c1-17(2)10-13(11-18(3,4)21-17)19-20-16(22)12-7-8-14(23-5)15(9-12)24-6/h7-9,21H,10-11H2,1-6H3,(H,20,22)/p+1. The first-order chi connectivity index (χ1) is 11.2. The number of hydrogen-bond donors (Lipinski definition) is 2. The zero-order valence-electron chi connectivity index (χ0n) is 15.4. The van der Waals surface area contributed by atoms with Crippen molar-refractivity contribution in [2.75, 3.05) is 14.2 Å². The Balaban J connectivity index is 2.12. The van der Waals surface area contributed by atoms with Crippen LogP contribution in [-0.2, 0) is 0 Å². The number of nitrogens with zero attached hydrogens (tertiary/aromatic N) is 1. The lowest BCUT2D eigenvalue weighted by atomic mass is 9.81. The first-order valence-corrected chi connectivity index (χ1v) is 8.11. The quantitative estimate of drug-likeness (QED) is 0.823. The fourth-order valence-corrected chi connectivity index (χ4v) is 3.53. The van der Waals surface area contributed by atoms with Crippen LogP contribution in [0.2, 0.25) is 0 Å². The molecule has 1 aromatic rings. The highest BCUT2D eigenvalue weighted by molar-refractivity contribution is 5.96. The third-order valence-electron chi connectivity index (χ3n) is 4.06. The van der Waals surface area contributed by atoms with Gasteiger partial charge in [0.2, 0.25) is 0 Å². The van der Waals surface area contributed by atoms with Gasteiger partial charge in [-0.25, -0.2) is 5.43 Å². The number of carbonyl (C=O) groups is 1. The number of methoxy groups -OCH3 is 2. The van der Waals surface area contributed by atoms with E-state index in [4.69, 9.17) is 9.47 Å². The zero-order chi connectivity index (χ0) is 18.0. The largest absolute Gasteiger partial charge is 0.493 e. The predicted octanol–water partition coefficient (Wildman–Crippen LogP) is 1.70. The lowest BCUT2D eigenvalue weighted by molar-refractivity contribution is -0.780. The summed E-state index contributed by atoms with van der Waals surface area (Å²) in [6, 6.07) is 5.05. The van der Waals surface area contributed by atoms with Gasteiger partial charge in [-0.15, -0.1) is 0 Å². The van der Waals surface area contributed by atoms with Crippen LogP contribution in [0.4, 0.5) is 0 Å². The lowest BCUT2D eigenvalue weighted by Crippen LogP contribution is -3.05. The topological polar surface area (TPSA) is 76.5 Å². The molecule has 6 nitrogen and oxygen atoms in total. The Labute approximate surface area is 143 Å². The number of piperidine rings is 1. The number of nitrogens with two attached hydrogens (primary N) is 1. The molecule has 0 aromatic heterocycles. The highest BCUT2D eigenvalue weighted by Gasteiger charge is 2.39. The van der Waals surface area contributed by atoms with Crippen LogP contribution in [0.5, 0.6) is 11.5 Å². The Morgan fingerprint density at radius 2 is 1.67 bits per heavy atom. The number of ether oxygens (including phenoxy) is 2. The van der Waals surface area contributed by atoms with E-state index >= 15 is 0 Å². The van der Waals surface area contributed by atoms with Crippen LogP contribution in [-0.4, -0.2) is 36.9 Å². The summed E-state index contributed by atoms with van der Waals surface area (Å²) in [7, 11) is 3.11. The summed E-state index contributed by atoms with van der Waals surface area (Å²) in [5.74, 6) is 0.854. The van der Waals surface area contributed by atoms with Crippen molar-refractivity contribution in [2.45, 2.75) is 51.6 Å². The van der Waals surface area contributed by atoms with Gasteiger partial charge in [0.25, 0.3) is 5.91 Å². The second-order valence-electron chi connectivity index (χ2n) is 7.66. The zero-order valence-corrected chi connectivity index (χ0v) is 15.4. The molecule has 0 unspecified atom stereocenters. The van der Waals surface area contributed by atoms with Crippen molar-refractivity contribution in [2.24, 2.45) is 5.10 Å². The second-order valence-corrected chi connectivity index (χ2v) is 7.66. The maximum atomic E-state index is 12.4. The minimum absolute atomic E-state index is 0.0780. The highest BCUT2D eigenvalue weighted by Crippen LogP contribution is 2.27. The van der Waals surface area contributed by atoms with Crippen LogP contribution in [0.3, 0.4) is 0 Å². The molecule has 0 bridgehead atoms. The number of nitrogens with one attached hydrogen (secondary N) is 1. The van der Waals surface area contributed by atoms with E-state index in [1.165, 1.54) is 0 Å². The van der Waals surface area contributed by atoms with Crippen LogP contribution < -0.4 is 20.2 Å². The molecule has 1 aliphatic heterocycles. The van der Waals surface area contributed by atoms with Crippen LogP contribution >= 0.6 is 0 Å². The first kappa shape index (κ1) is 18.3. The molecule has 1 saturated heterocycles. The maximum Gasteiger partial charge on any atom is 0.271 e. The third kappa shape index (κ3) is 4.47. The number of benzene rings is 1. The minimum atomic E-state index is -0.256. The fourth-order valence-electron chi connectivity index (χ4n) is 3.53. The molecule has 0 spiro atoms. The maximum absolute atomic E-state index is 12.4. The van der Waals surface area contributed by atoms with Crippen LogP contribution in [0, 0.1) is 0 Å². The summed E-state index contributed by atoms with van der Waals surface area (Å²) >= 11 is 0. The number of rotatable bonds is 4. The Kier molecular flexibility index (Phi) is 5.18.